The van der Waals surface area contributed by atoms with Crippen LogP contribution in [0.5, 0.6) is 0 Å². The van der Waals surface area contributed by atoms with Crippen molar-refractivity contribution in [2.75, 3.05) is 0 Å². The molecule has 0 aliphatic carbocycles. The third kappa shape index (κ3) is 2.34. The molecule has 0 aliphatic rings. The molecule has 1 aromatic rings. The summed E-state index contributed by atoms with van der Waals surface area (Å²) in [6.45, 7) is 6.56. The number of hydrogen-bond acceptors (Lipinski definition) is 0. The fourth-order valence-electron chi connectivity index (χ4n) is 1.51. The topological polar surface area (TPSA) is 0 Å². The zero-order valence-corrected chi connectivity index (χ0v) is 10.2. The van der Waals surface area contributed by atoms with Crippen molar-refractivity contribution in [3.63, 3.8) is 0 Å². The van der Waals surface area contributed by atoms with Crippen molar-refractivity contribution in [2.24, 2.45) is 0 Å². The number of aryl methyl sites for hydroxylation is 1. The molecule has 1 rings (SSSR count). The van der Waals surface area contributed by atoms with E-state index in [4.69, 9.17) is 0 Å². The van der Waals surface area contributed by atoms with E-state index in [2.05, 4.69) is 61.0 Å². The van der Waals surface area contributed by atoms with E-state index in [1.54, 1.807) is 0 Å². The van der Waals surface area contributed by atoms with Crippen LogP contribution in [0, 0.1) is 6.92 Å². The molecule has 0 bridgehead atoms. The smallest absolute Gasteiger partial charge is 0.0500 e. The van der Waals surface area contributed by atoms with Crippen LogP contribution in [-0.2, 0) is 4.32 Å². The van der Waals surface area contributed by atoms with E-state index in [1.807, 2.05) is 0 Å². The van der Waals surface area contributed by atoms with Crippen molar-refractivity contribution in [3.05, 3.63) is 35.4 Å². The molecular weight excluding hydrogens is 224 g/mol. The highest BCUT2D eigenvalue weighted by Gasteiger charge is 2.23. The van der Waals surface area contributed by atoms with Crippen molar-refractivity contribution < 1.29 is 0 Å². The van der Waals surface area contributed by atoms with Gasteiger partial charge in [0.15, 0.2) is 0 Å². The SMILES string of the molecule is CCC(Br)(CC)c1ccc(C)cc1. The second-order valence-corrected chi connectivity index (χ2v) is 5.06. The van der Waals surface area contributed by atoms with Crippen LogP contribution in [0.4, 0.5) is 0 Å². The molecule has 0 saturated carbocycles. The maximum atomic E-state index is 3.82. The van der Waals surface area contributed by atoms with Crippen LogP contribution < -0.4 is 0 Å². The fraction of sp³-hybridized carbons (Fsp3) is 0.500. The molecule has 0 saturated heterocycles. The maximum absolute atomic E-state index is 3.82. The first-order valence-corrected chi connectivity index (χ1v) is 5.67. The highest BCUT2D eigenvalue weighted by atomic mass is 79.9. The fourth-order valence-corrected chi connectivity index (χ4v) is 1.77. The van der Waals surface area contributed by atoms with Crippen molar-refractivity contribution >= 4 is 15.9 Å². The summed E-state index contributed by atoms with van der Waals surface area (Å²) >= 11 is 3.82. The predicted octanol–water partition coefficient (Wildman–Crippen LogP) is 4.41. The van der Waals surface area contributed by atoms with Gasteiger partial charge in [0, 0.05) is 0 Å². The minimum Gasteiger partial charge on any atom is -0.0802 e. The van der Waals surface area contributed by atoms with E-state index in [0.717, 1.165) is 12.8 Å². The number of hydrogen-bond donors (Lipinski definition) is 0. The normalized spacial score (nSPS) is 11.7. The van der Waals surface area contributed by atoms with Crippen LogP contribution in [0.3, 0.4) is 0 Å². The number of alkyl halides is 1. The van der Waals surface area contributed by atoms with Gasteiger partial charge in [-0.3, -0.25) is 0 Å². The average molecular weight is 241 g/mol. The van der Waals surface area contributed by atoms with E-state index in [1.165, 1.54) is 11.1 Å². The van der Waals surface area contributed by atoms with Crippen LogP contribution in [0.15, 0.2) is 24.3 Å². The molecule has 0 atom stereocenters. The van der Waals surface area contributed by atoms with Gasteiger partial charge in [0.1, 0.15) is 0 Å². The Kier molecular flexibility index (Phi) is 3.55. The summed E-state index contributed by atoms with van der Waals surface area (Å²) < 4.78 is 0.181. The molecule has 0 radical (unpaired) electrons. The first-order chi connectivity index (χ1) is 6.12. The van der Waals surface area contributed by atoms with Crippen LogP contribution >= 0.6 is 15.9 Å². The maximum Gasteiger partial charge on any atom is 0.0500 e. The molecule has 0 nitrogen and oxygen atoms in total. The summed E-state index contributed by atoms with van der Waals surface area (Å²) in [5.74, 6) is 0. The Labute approximate surface area is 89.5 Å². The molecule has 0 heterocycles. The van der Waals surface area contributed by atoms with Crippen LogP contribution in [0.1, 0.15) is 37.8 Å². The lowest BCUT2D eigenvalue weighted by molar-refractivity contribution is 0.594. The minimum atomic E-state index is 0.181. The Balaban J connectivity index is 2.99. The summed E-state index contributed by atoms with van der Waals surface area (Å²) in [6.07, 6.45) is 2.26. The van der Waals surface area contributed by atoms with E-state index < -0.39 is 0 Å². The molecule has 0 aromatic heterocycles. The van der Waals surface area contributed by atoms with E-state index in [-0.39, 0.29) is 4.32 Å². The molecule has 0 N–H and O–H groups in total. The van der Waals surface area contributed by atoms with E-state index in [9.17, 15) is 0 Å². The standard InChI is InChI=1S/C12H17Br/c1-4-12(13,5-2)11-8-6-10(3)7-9-11/h6-9H,4-5H2,1-3H3. The van der Waals surface area contributed by atoms with E-state index in [0.29, 0.717) is 0 Å². The minimum absolute atomic E-state index is 0.181. The molecule has 0 spiro atoms. The molecule has 1 aromatic carbocycles. The highest BCUT2D eigenvalue weighted by molar-refractivity contribution is 9.09. The van der Waals surface area contributed by atoms with Crippen molar-refractivity contribution in [2.45, 2.75) is 37.9 Å². The third-order valence-electron chi connectivity index (χ3n) is 2.69. The quantitative estimate of drug-likeness (QED) is 0.688. The number of benzene rings is 1. The Morgan fingerprint density at radius 2 is 1.54 bits per heavy atom. The van der Waals surface area contributed by atoms with Crippen LogP contribution in [-0.4, -0.2) is 0 Å². The molecule has 13 heavy (non-hydrogen) atoms. The number of rotatable bonds is 3. The summed E-state index contributed by atoms with van der Waals surface area (Å²) in [5, 5.41) is 0. The second kappa shape index (κ2) is 4.28. The van der Waals surface area contributed by atoms with Gasteiger partial charge in [0.05, 0.1) is 4.32 Å². The molecule has 0 unspecified atom stereocenters. The largest absolute Gasteiger partial charge is 0.0802 e. The first kappa shape index (κ1) is 10.8. The first-order valence-electron chi connectivity index (χ1n) is 4.88. The Morgan fingerprint density at radius 1 is 1.08 bits per heavy atom. The van der Waals surface area contributed by atoms with Gasteiger partial charge in [-0.15, -0.1) is 0 Å². The Hall–Kier alpha value is -0.300. The summed E-state index contributed by atoms with van der Waals surface area (Å²) in [5.41, 5.74) is 2.72. The molecule has 0 fully saturated rings. The lowest BCUT2D eigenvalue weighted by Crippen LogP contribution is -2.14. The van der Waals surface area contributed by atoms with Gasteiger partial charge >= 0.3 is 0 Å². The monoisotopic (exact) mass is 240 g/mol. The van der Waals surface area contributed by atoms with Crippen LogP contribution in [0.2, 0.25) is 0 Å². The summed E-state index contributed by atoms with van der Waals surface area (Å²) in [7, 11) is 0. The third-order valence-corrected chi connectivity index (χ3v) is 4.27. The van der Waals surface area contributed by atoms with Crippen molar-refractivity contribution in [1.29, 1.82) is 0 Å². The van der Waals surface area contributed by atoms with Gasteiger partial charge in [-0.1, -0.05) is 59.6 Å². The second-order valence-electron chi connectivity index (χ2n) is 3.54. The lowest BCUT2D eigenvalue weighted by Gasteiger charge is -2.25. The van der Waals surface area contributed by atoms with Crippen molar-refractivity contribution in [3.8, 4) is 0 Å². The Morgan fingerprint density at radius 3 is 1.92 bits per heavy atom. The van der Waals surface area contributed by atoms with Crippen LogP contribution in [0.25, 0.3) is 0 Å². The average Bonchev–Trinajstić information content (AvgIpc) is 2.18. The molecule has 1 heteroatoms. The predicted molar refractivity (Wildman–Crippen MR) is 62.4 cm³/mol. The van der Waals surface area contributed by atoms with Crippen molar-refractivity contribution in [1.82, 2.24) is 0 Å². The van der Waals surface area contributed by atoms with Gasteiger partial charge in [0.25, 0.3) is 0 Å². The van der Waals surface area contributed by atoms with Gasteiger partial charge < -0.3 is 0 Å². The molecule has 72 valence electrons. The molecule has 0 aliphatic heterocycles. The van der Waals surface area contributed by atoms with E-state index >= 15 is 0 Å². The van der Waals surface area contributed by atoms with Gasteiger partial charge in [-0.2, -0.15) is 0 Å². The van der Waals surface area contributed by atoms with Gasteiger partial charge in [-0.05, 0) is 25.3 Å². The molecule has 0 amide bonds. The highest BCUT2D eigenvalue weighted by Crippen LogP contribution is 2.37. The summed E-state index contributed by atoms with van der Waals surface area (Å²) in [4.78, 5) is 0. The zero-order chi connectivity index (χ0) is 9.90. The molecular formula is C12H17Br. The van der Waals surface area contributed by atoms with Gasteiger partial charge in [0.2, 0.25) is 0 Å². The lowest BCUT2D eigenvalue weighted by atomic mass is 9.93. The summed E-state index contributed by atoms with van der Waals surface area (Å²) in [6, 6.07) is 8.79. The van der Waals surface area contributed by atoms with Gasteiger partial charge in [-0.25, -0.2) is 0 Å². The zero-order valence-electron chi connectivity index (χ0n) is 8.60. The Bertz CT molecular complexity index is 257. The number of halogens is 1.